The average molecular weight is 290 g/mol. The Morgan fingerprint density at radius 2 is 2.05 bits per heavy atom. The highest BCUT2D eigenvalue weighted by atomic mass is 16.5. The largest absolute Gasteiger partial charge is 0.480 e. The topological polar surface area (TPSA) is 102 Å². The normalized spacial score (nSPS) is 10.3. The molecule has 7 heteroatoms. The smallest absolute Gasteiger partial charge is 0.329 e. The van der Waals surface area contributed by atoms with Gasteiger partial charge < -0.3 is 19.7 Å². The second kappa shape index (κ2) is 7.20. The summed E-state index contributed by atoms with van der Waals surface area (Å²) in [6.45, 7) is -0.0957. The van der Waals surface area contributed by atoms with Gasteiger partial charge in [-0.15, -0.1) is 0 Å². The Morgan fingerprint density at radius 1 is 1.29 bits per heavy atom. The van der Waals surface area contributed by atoms with E-state index >= 15 is 0 Å². The van der Waals surface area contributed by atoms with E-state index in [1.165, 1.54) is 0 Å². The van der Waals surface area contributed by atoms with Crippen LogP contribution in [0.4, 0.5) is 0 Å². The van der Waals surface area contributed by atoms with Crippen molar-refractivity contribution in [2.75, 3.05) is 19.8 Å². The Hall–Kier alpha value is -2.67. The van der Waals surface area contributed by atoms with E-state index in [-0.39, 0.29) is 18.9 Å². The van der Waals surface area contributed by atoms with E-state index in [4.69, 9.17) is 14.4 Å². The van der Waals surface area contributed by atoms with Crippen molar-refractivity contribution in [1.82, 2.24) is 10.5 Å². The van der Waals surface area contributed by atoms with Crippen molar-refractivity contribution >= 4 is 11.9 Å². The van der Waals surface area contributed by atoms with Gasteiger partial charge in [0.25, 0.3) is 5.91 Å². The molecule has 2 N–H and O–H groups in total. The van der Waals surface area contributed by atoms with Crippen LogP contribution in [0.25, 0.3) is 11.3 Å². The number of nitrogens with zero attached hydrogens (tertiary/aromatic N) is 1. The Bertz CT molecular complexity index is 609. The lowest BCUT2D eigenvalue weighted by molar-refractivity contribution is -0.142. The van der Waals surface area contributed by atoms with Gasteiger partial charge in [0.1, 0.15) is 12.3 Å². The molecule has 0 bridgehead atoms. The van der Waals surface area contributed by atoms with E-state index in [9.17, 15) is 9.59 Å². The van der Waals surface area contributed by atoms with Crippen LogP contribution >= 0.6 is 0 Å². The highest BCUT2D eigenvalue weighted by molar-refractivity contribution is 5.92. The lowest BCUT2D eigenvalue weighted by Gasteiger charge is -2.02. The zero-order chi connectivity index (χ0) is 15.1. The van der Waals surface area contributed by atoms with Gasteiger partial charge in [-0.25, -0.2) is 4.79 Å². The number of aromatic nitrogens is 1. The van der Waals surface area contributed by atoms with Crippen molar-refractivity contribution < 1.29 is 24.0 Å². The van der Waals surface area contributed by atoms with Crippen molar-refractivity contribution in [2.24, 2.45) is 0 Å². The molecule has 1 aromatic heterocycles. The highest BCUT2D eigenvalue weighted by Crippen LogP contribution is 2.18. The number of hydrogen-bond donors (Lipinski definition) is 2. The van der Waals surface area contributed by atoms with Crippen molar-refractivity contribution in [2.45, 2.75) is 0 Å². The van der Waals surface area contributed by atoms with Crippen LogP contribution in [0.1, 0.15) is 10.6 Å². The third-order valence-electron chi connectivity index (χ3n) is 2.56. The van der Waals surface area contributed by atoms with Gasteiger partial charge in [-0.3, -0.25) is 4.79 Å². The molecule has 110 valence electrons. The van der Waals surface area contributed by atoms with Gasteiger partial charge in [0, 0.05) is 18.2 Å². The fraction of sp³-hybridized carbons (Fsp3) is 0.214. The summed E-state index contributed by atoms with van der Waals surface area (Å²) in [6.07, 6.45) is 0. The molecule has 21 heavy (non-hydrogen) atoms. The molecule has 0 spiro atoms. The molecule has 0 aliphatic heterocycles. The molecule has 2 rings (SSSR count). The summed E-state index contributed by atoms with van der Waals surface area (Å²) in [5, 5.41) is 14.8. The number of carboxylic acid groups (broad SMARTS) is 1. The fourth-order valence-corrected chi connectivity index (χ4v) is 1.61. The number of carbonyl (C=O) groups excluding carboxylic acids is 1. The van der Waals surface area contributed by atoms with Gasteiger partial charge in [0.05, 0.1) is 6.61 Å². The summed E-state index contributed by atoms with van der Waals surface area (Å²) in [5.41, 5.74) is 1.42. The second-order valence-electron chi connectivity index (χ2n) is 4.14. The molecule has 0 atom stereocenters. The first-order valence-corrected chi connectivity index (χ1v) is 6.26. The number of nitrogens with one attached hydrogen (secondary N) is 1. The molecule has 0 radical (unpaired) electrons. The quantitative estimate of drug-likeness (QED) is 0.742. The minimum Gasteiger partial charge on any atom is -0.480 e. The molecule has 1 amide bonds. The van der Waals surface area contributed by atoms with Crippen LogP contribution in [0.2, 0.25) is 0 Å². The van der Waals surface area contributed by atoms with E-state index in [1.807, 2.05) is 30.3 Å². The Kier molecular flexibility index (Phi) is 5.05. The van der Waals surface area contributed by atoms with E-state index < -0.39 is 18.5 Å². The molecule has 0 saturated carbocycles. The maximum absolute atomic E-state index is 11.8. The molecule has 1 heterocycles. The van der Waals surface area contributed by atoms with E-state index in [0.717, 1.165) is 5.56 Å². The first kappa shape index (κ1) is 14.7. The van der Waals surface area contributed by atoms with Crippen molar-refractivity contribution in [3.8, 4) is 11.3 Å². The summed E-state index contributed by atoms with van der Waals surface area (Å²) >= 11 is 0. The van der Waals surface area contributed by atoms with Gasteiger partial charge in [0.2, 0.25) is 5.76 Å². The second-order valence-corrected chi connectivity index (χ2v) is 4.14. The molecule has 0 saturated heterocycles. The molecule has 0 aliphatic rings. The van der Waals surface area contributed by atoms with Gasteiger partial charge >= 0.3 is 5.97 Å². The summed E-state index contributed by atoms with van der Waals surface area (Å²) < 4.78 is 9.77. The third kappa shape index (κ3) is 4.43. The van der Waals surface area contributed by atoms with Crippen LogP contribution in [0, 0.1) is 0 Å². The minimum absolute atomic E-state index is 0.0899. The molecule has 0 unspecified atom stereocenters. The van der Waals surface area contributed by atoms with Crippen LogP contribution in [0.15, 0.2) is 40.9 Å². The van der Waals surface area contributed by atoms with Crippen LogP contribution < -0.4 is 5.32 Å². The summed E-state index contributed by atoms with van der Waals surface area (Å²) in [6, 6.07) is 10.9. The number of rotatable bonds is 7. The van der Waals surface area contributed by atoms with Gasteiger partial charge in [-0.05, 0) is 0 Å². The molecule has 0 aliphatic carbocycles. The Morgan fingerprint density at radius 3 is 2.76 bits per heavy atom. The molecule has 7 nitrogen and oxygen atoms in total. The maximum Gasteiger partial charge on any atom is 0.329 e. The van der Waals surface area contributed by atoms with E-state index in [1.54, 1.807) is 6.07 Å². The number of hydrogen-bond acceptors (Lipinski definition) is 5. The maximum atomic E-state index is 11.8. The number of aliphatic carboxylic acids is 1. The SMILES string of the molecule is O=C(O)COCCNC(=O)c1cc(-c2ccccc2)no1. The van der Waals surface area contributed by atoms with Crippen LogP contribution in [0.3, 0.4) is 0 Å². The predicted octanol–water partition coefficient (Wildman–Crippen LogP) is 1.17. The number of benzene rings is 1. The number of carbonyl (C=O) groups is 2. The number of ether oxygens (including phenoxy) is 1. The number of amides is 1. The first-order chi connectivity index (χ1) is 10.2. The number of carboxylic acids is 1. The van der Waals surface area contributed by atoms with E-state index in [2.05, 4.69) is 10.5 Å². The highest BCUT2D eigenvalue weighted by Gasteiger charge is 2.13. The zero-order valence-corrected chi connectivity index (χ0v) is 11.1. The van der Waals surface area contributed by atoms with Crippen molar-refractivity contribution in [3.63, 3.8) is 0 Å². The van der Waals surface area contributed by atoms with Gasteiger partial charge in [-0.2, -0.15) is 0 Å². The minimum atomic E-state index is -1.05. The molecule has 0 fully saturated rings. The van der Waals surface area contributed by atoms with Crippen molar-refractivity contribution in [1.29, 1.82) is 0 Å². The predicted molar refractivity (Wildman–Crippen MR) is 72.7 cm³/mol. The monoisotopic (exact) mass is 290 g/mol. The van der Waals surface area contributed by atoms with Gasteiger partial charge in [-0.1, -0.05) is 35.5 Å². The Balaban J connectivity index is 1.84. The molecular formula is C14H14N2O5. The van der Waals surface area contributed by atoms with Gasteiger partial charge in [0.15, 0.2) is 0 Å². The molecular weight excluding hydrogens is 276 g/mol. The summed E-state index contributed by atoms with van der Waals surface area (Å²) in [5.74, 6) is -1.39. The molecule has 2 aromatic rings. The average Bonchev–Trinajstić information content (AvgIpc) is 2.97. The lowest BCUT2D eigenvalue weighted by atomic mass is 10.1. The van der Waals surface area contributed by atoms with Crippen molar-refractivity contribution in [3.05, 3.63) is 42.2 Å². The summed E-state index contributed by atoms with van der Waals surface area (Å²) in [4.78, 5) is 22.0. The standard InChI is InChI=1S/C14H14N2O5/c17-13(18)9-20-7-6-15-14(19)12-8-11(16-21-12)10-4-2-1-3-5-10/h1-5,8H,6-7,9H2,(H,15,19)(H,17,18). The zero-order valence-electron chi connectivity index (χ0n) is 11.1. The van der Waals surface area contributed by atoms with Crippen LogP contribution in [-0.2, 0) is 9.53 Å². The third-order valence-corrected chi connectivity index (χ3v) is 2.56. The molecule has 1 aromatic carbocycles. The Labute approximate surface area is 120 Å². The summed E-state index contributed by atoms with van der Waals surface area (Å²) in [7, 11) is 0. The van der Waals surface area contributed by atoms with E-state index in [0.29, 0.717) is 5.69 Å². The van der Waals surface area contributed by atoms with Crippen LogP contribution in [0.5, 0.6) is 0 Å². The first-order valence-electron chi connectivity index (χ1n) is 6.26. The lowest BCUT2D eigenvalue weighted by Crippen LogP contribution is -2.27. The van der Waals surface area contributed by atoms with Crippen LogP contribution in [-0.4, -0.2) is 41.9 Å². The fourth-order valence-electron chi connectivity index (χ4n) is 1.61.